The van der Waals surface area contributed by atoms with Gasteiger partial charge in [-0.2, -0.15) is 0 Å². The van der Waals surface area contributed by atoms with E-state index in [1.54, 1.807) is 0 Å². The van der Waals surface area contributed by atoms with Crippen molar-refractivity contribution in [3.05, 3.63) is 270 Å². The van der Waals surface area contributed by atoms with E-state index in [9.17, 15) is 0 Å². The Kier molecular flexibility index (Phi) is 15.4. The van der Waals surface area contributed by atoms with Crippen LogP contribution in [0.3, 0.4) is 0 Å². The van der Waals surface area contributed by atoms with Crippen LogP contribution in [0.1, 0.15) is 158 Å². The molecule has 17 rings (SSSR count). The van der Waals surface area contributed by atoms with Gasteiger partial charge in [-0.05, 0) is 177 Å². The highest BCUT2D eigenvalue weighted by molar-refractivity contribution is 8.01. The molecule has 0 fully saturated rings. The predicted octanol–water partition coefficient (Wildman–Crippen LogP) is 23.1. The number of nitrogens with zero attached hydrogens (tertiary/aromatic N) is 3. The SMILES string of the molecule is CC(C)(C)c1ccc(N2c3cc(C(C)(C)C)ccc3B3c4cc5c(c(-c6ccccc6)c4Sc4cc(-n6c7ccc(C(C)(C)C)cc7c7cc(C(C)(C)C)ccc76)cc2c43)Sc2cc(C(C)(C)C)cc3c2B5c2ccc(C(C)(C)C)cc2N3c2c(-c3ccccc3)cccc2-c2ccccc2)cc1. The Morgan fingerprint density at radius 3 is 1.13 bits per heavy atom. The van der Waals surface area contributed by atoms with Gasteiger partial charge in [0.2, 0.25) is 13.4 Å². The van der Waals surface area contributed by atoms with Crippen molar-refractivity contribution in [3.63, 3.8) is 0 Å². The van der Waals surface area contributed by atoms with Gasteiger partial charge in [-0.3, -0.25) is 0 Å². The largest absolute Gasteiger partial charge is 0.311 e. The second-order valence-corrected chi connectivity index (χ2v) is 37.9. The molecule has 0 aliphatic carbocycles. The van der Waals surface area contributed by atoms with Crippen LogP contribution in [0, 0.1) is 0 Å². The number of fused-ring (bicyclic) bond motifs is 11. The van der Waals surface area contributed by atoms with Gasteiger partial charge in [0.15, 0.2) is 0 Å². The Bertz CT molecular complexity index is 5500. The second kappa shape index (κ2) is 23.7. The fourth-order valence-corrected chi connectivity index (χ4v) is 19.5. The topological polar surface area (TPSA) is 11.4 Å². The van der Waals surface area contributed by atoms with Crippen molar-refractivity contribution in [2.75, 3.05) is 9.80 Å². The molecule has 5 heterocycles. The first kappa shape index (κ1) is 67.1. The fraction of sp³-hybridized carbons (Fsp3) is 0.250. The van der Waals surface area contributed by atoms with E-state index in [4.69, 9.17) is 0 Å². The van der Waals surface area contributed by atoms with Crippen LogP contribution < -0.4 is 42.6 Å². The molecular weight excluding hydrogens is 1280 g/mol. The van der Waals surface area contributed by atoms with Gasteiger partial charge in [-0.25, -0.2) is 0 Å². The van der Waals surface area contributed by atoms with Crippen LogP contribution in [0.15, 0.2) is 256 Å². The summed E-state index contributed by atoms with van der Waals surface area (Å²) >= 11 is 4.01. The molecule has 0 unspecified atom stereocenters. The van der Waals surface area contributed by atoms with Crippen molar-refractivity contribution >= 4 is 126 Å². The Balaban J connectivity index is 0.988. The lowest BCUT2D eigenvalue weighted by Gasteiger charge is -2.45. The van der Waals surface area contributed by atoms with Crippen molar-refractivity contribution in [2.24, 2.45) is 0 Å². The van der Waals surface area contributed by atoms with E-state index in [1.165, 1.54) is 169 Å². The van der Waals surface area contributed by atoms with E-state index >= 15 is 0 Å². The van der Waals surface area contributed by atoms with Crippen LogP contribution >= 0.6 is 23.5 Å². The van der Waals surface area contributed by atoms with E-state index in [1.807, 2.05) is 23.5 Å². The summed E-state index contributed by atoms with van der Waals surface area (Å²) in [6, 6.07) is 93.0. The highest BCUT2D eigenvalue weighted by atomic mass is 32.2. The molecule has 4 aliphatic rings. The van der Waals surface area contributed by atoms with Crippen molar-refractivity contribution in [2.45, 2.75) is 177 Å². The fourth-order valence-electron chi connectivity index (χ4n) is 16.8. The van der Waals surface area contributed by atoms with Crippen LogP contribution in [-0.4, -0.2) is 18.0 Å². The standard InChI is InChI=1S/C96H93B2N3S2/c1-91(2,3)61-37-43-67(44-38-61)99-79-51-64(94(10,11)12)39-45-73(79)97-76-57-75-89(85(60-33-26-21-27-34-60)90(76)103-84-56-68(55-82(99)87(84)97)100-77-47-41-62(92(4,5)6)49-71(77)72-50-63(93(7,8)9)42-48-78(72)100)102-83-54-66(96(16,17)18)53-81-86(83)98(75)74-46-40-65(95(13,14)15)52-80(74)101(81)88-69(58-29-22-19-23-30-58)35-28-36-70(88)59-31-24-20-25-32-59/h19-57H,1-18H3. The minimum Gasteiger partial charge on any atom is -0.311 e. The molecular formula is C96H93B2N3S2. The summed E-state index contributed by atoms with van der Waals surface area (Å²) in [4.78, 5) is 10.6. The minimum atomic E-state index is -0.181. The van der Waals surface area contributed by atoms with E-state index in [0.29, 0.717) is 0 Å². The zero-order chi connectivity index (χ0) is 71.9. The van der Waals surface area contributed by atoms with Gasteiger partial charge in [0.1, 0.15) is 0 Å². The van der Waals surface area contributed by atoms with Gasteiger partial charge in [0, 0.05) is 81.2 Å². The first-order chi connectivity index (χ1) is 48.9. The lowest BCUT2D eigenvalue weighted by molar-refractivity contribution is 0.589. The van der Waals surface area contributed by atoms with E-state index < -0.39 is 0 Å². The summed E-state index contributed by atoms with van der Waals surface area (Å²) in [6.45, 7) is 42.2. The van der Waals surface area contributed by atoms with Crippen LogP contribution in [0.25, 0.3) is 60.9 Å². The molecule has 0 spiro atoms. The Labute approximate surface area is 621 Å². The zero-order valence-corrected chi connectivity index (χ0v) is 65.0. The predicted molar refractivity (Wildman–Crippen MR) is 449 cm³/mol. The number of para-hydroxylation sites is 1. The summed E-state index contributed by atoms with van der Waals surface area (Å²) in [5, 5.41) is 2.58. The van der Waals surface area contributed by atoms with E-state index in [-0.39, 0.29) is 45.9 Å². The Morgan fingerprint density at radius 2 is 0.670 bits per heavy atom. The number of aromatic nitrogens is 1. The quantitative estimate of drug-likeness (QED) is 0.154. The first-order valence-electron chi connectivity index (χ1n) is 37.2. The minimum absolute atomic E-state index is 0.0215. The number of anilines is 6. The maximum atomic E-state index is 2.74. The van der Waals surface area contributed by atoms with Gasteiger partial charge >= 0.3 is 0 Å². The number of hydrogen-bond donors (Lipinski definition) is 0. The van der Waals surface area contributed by atoms with Gasteiger partial charge < -0.3 is 14.4 Å². The third-order valence-corrected chi connectivity index (χ3v) is 25.0. The Morgan fingerprint density at radius 1 is 0.282 bits per heavy atom. The molecule has 12 aromatic carbocycles. The highest BCUT2D eigenvalue weighted by Gasteiger charge is 2.49. The summed E-state index contributed by atoms with van der Waals surface area (Å²) < 4.78 is 2.60. The van der Waals surface area contributed by atoms with Gasteiger partial charge in [-0.1, -0.05) is 323 Å². The van der Waals surface area contributed by atoms with Crippen LogP contribution in [0.2, 0.25) is 0 Å². The first-order valence-corrected chi connectivity index (χ1v) is 38.8. The van der Waals surface area contributed by atoms with Crippen LogP contribution in [0.4, 0.5) is 34.1 Å². The molecule has 3 nitrogen and oxygen atoms in total. The lowest BCUT2D eigenvalue weighted by Crippen LogP contribution is -2.64. The number of rotatable bonds is 6. The third-order valence-electron chi connectivity index (χ3n) is 22.6. The third kappa shape index (κ3) is 11.1. The zero-order valence-electron chi connectivity index (χ0n) is 63.3. The molecule has 103 heavy (non-hydrogen) atoms. The monoisotopic (exact) mass is 1370 g/mol. The average molecular weight is 1370 g/mol. The molecule has 13 aromatic rings. The number of benzene rings is 12. The number of hydrogen-bond acceptors (Lipinski definition) is 4. The molecule has 4 aliphatic heterocycles. The maximum Gasteiger partial charge on any atom is 0.249 e. The summed E-state index contributed by atoms with van der Waals surface area (Å²) in [5.41, 5.74) is 33.7. The molecule has 0 amide bonds. The lowest BCUT2D eigenvalue weighted by atomic mass is 9.31. The molecule has 0 saturated heterocycles. The molecule has 510 valence electrons. The molecule has 0 atom stereocenters. The van der Waals surface area contributed by atoms with Crippen molar-refractivity contribution < 1.29 is 0 Å². The van der Waals surface area contributed by atoms with E-state index in [2.05, 4.69) is 376 Å². The van der Waals surface area contributed by atoms with Gasteiger partial charge in [0.25, 0.3) is 0 Å². The smallest absolute Gasteiger partial charge is 0.249 e. The van der Waals surface area contributed by atoms with Crippen molar-refractivity contribution in [1.82, 2.24) is 4.57 Å². The summed E-state index contributed by atoms with van der Waals surface area (Å²) in [6.07, 6.45) is 0. The van der Waals surface area contributed by atoms with Gasteiger partial charge in [-0.15, -0.1) is 0 Å². The molecule has 7 heteroatoms. The normalized spacial score (nSPS) is 14.2. The molecule has 0 radical (unpaired) electrons. The summed E-state index contributed by atoms with van der Waals surface area (Å²) in [5.74, 6) is 0. The molecule has 0 saturated carbocycles. The summed E-state index contributed by atoms with van der Waals surface area (Å²) in [7, 11) is 0. The van der Waals surface area contributed by atoms with Crippen molar-refractivity contribution in [3.8, 4) is 39.1 Å². The molecule has 0 bridgehead atoms. The van der Waals surface area contributed by atoms with Gasteiger partial charge in [0.05, 0.1) is 16.7 Å². The maximum absolute atomic E-state index is 2.74. The van der Waals surface area contributed by atoms with Crippen LogP contribution in [0.5, 0.6) is 0 Å². The molecule has 1 aromatic heterocycles. The highest BCUT2D eigenvalue weighted by Crippen LogP contribution is 2.55. The average Bonchev–Trinajstić information content (AvgIpc) is 0.885. The van der Waals surface area contributed by atoms with Crippen LogP contribution in [-0.2, 0) is 32.5 Å². The van der Waals surface area contributed by atoms with Crippen molar-refractivity contribution in [1.29, 1.82) is 0 Å². The molecule has 0 N–H and O–H groups in total. The van der Waals surface area contributed by atoms with E-state index in [0.717, 1.165) is 11.4 Å². The Hall–Kier alpha value is -9.13. The second-order valence-electron chi connectivity index (χ2n) is 35.8.